The van der Waals surface area contributed by atoms with E-state index in [9.17, 15) is 21.6 Å². The third kappa shape index (κ3) is 7.29. The highest BCUT2D eigenvalue weighted by atomic mass is 32.2. The Kier molecular flexibility index (Phi) is 9.85. The maximum absolute atomic E-state index is 13.0. The number of para-hydroxylation sites is 2. The molecule has 0 bridgehead atoms. The number of sulfonamides is 1. The van der Waals surface area contributed by atoms with Crippen LogP contribution in [-0.4, -0.2) is 94.4 Å². The number of halogens is 3. The first-order valence-electron chi connectivity index (χ1n) is 12.0. The summed E-state index contributed by atoms with van der Waals surface area (Å²) < 4.78 is 70.0. The molecule has 0 radical (unpaired) electrons. The van der Waals surface area contributed by atoms with Gasteiger partial charge < -0.3 is 19.5 Å². The zero-order valence-electron chi connectivity index (χ0n) is 21.2. The molecule has 1 N–H and O–H groups in total. The van der Waals surface area contributed by atoms with Crippen molar-refractivity contribution in [3.05, 3.63) is 48.5 Å². The number of carbonyl (C=O) groups is 1. The van der Waals surface area contributed by atoms with Gasteiger partial charge in [-0.25, -0.2) is 13.2 Å². The number of anilines is 1. The normalized spacial score (nSPS) is 17.9. The van der Waals surface area contributed by atoms with E-state index < -0.39 is 22.2 Å². The topological polar surface area (TPSA) is 99.6 Å². The lowest BCUT2D eigenvalue weighted by molar-refractivity contribution is -0.192. The number of piperidine rings is 1. The lowest BCUT2D eigenvalue weighted by Gasteiger charge is -2.43. The number of piperazine rings is 1. The molecule has 2 fully saturated rings. The molecule has 13 heteroatoms. The molecule has 2 heterocycles. The van der Waals surface area contributed by atoms with Crippen LogP contribution in [0, 0.1) is 0 Å². The number of carboxylic acids is 1. The second kappa shape index (κ2) is 12.7. The van der Waals surface area contributed by atoms with Crippen molar-refractivity contribution in [2.24, 2.45) is 0 Å². The lowest BCUT2D eigenvalue weighted by Crippen LogP contribution is -2.53. The van der Waals surface area contributed by atoms with Crippen LogP contribution in [0.4, 0.5) is 18.9 Å². The van der Waals surface area contributed by atoms with Gasteiger partial charge in [0.1, 0.15) is 11.5 Å². The number of nitrogens with zero attached hydrogens (tertiary/aromatic N) is 3. The van der Waals surface area contributed by atoms with Crippen molar-refractivity contribution in [1.82, 2.24) is 9.21 Å². The summed E-state index contributed by atoms with van der Waals surface area (Å²) in [7, 11) is -0.172. The molecule has 4 rings (SSSR count). The van der Waals surface area contributed by atoms with Gasteiger partial charge in [-0.15, -0.1) is 0 Å². The summed E-state index contributed by atoms with van der Waals surface area (Å²) in [5, 5.41) is 7.12. The average Bonchev–Trinajstić information content (AvgIpc) is 2.93. The number of alkyl halides is 3. The van der Waals surface area contributed by atoms with E-state index in [2.05, 4.69) is 15.9 Å². The monoisotopic (exact) mass is 559 g/mol. The molecule has 210 valence electrons. The number of aliphatic carboxylic acids is 1. The Morgan fingerprint density at radius 1 is 0.895 bits per heavy atom. The predicted molar refractivity (Wildman–Crippen MR) is 135 cm³/mol. The number of ether oxygens (including phenoxy) is 2. The zero-order valence-corrected chi connectivity index (χ0v) is 22.0. The first-order chi connectivity index (χ1) is 18.0. The number of benzene rings is 2. The van der Waals surface area contributed by atoms with Crippen molar-refractivity contribution < 1.29 is 41.0 Å². The molecule has 2 aromatic carbocycles. The highest BCUT2D eigenvalue weighted by Gasteiger charge is 2.38. The second-order valence-electron chi connectivity index (χ2n) is 8.81. The predicted octanol–water partition coefficient (Wildman–Crippen LogP) is 3.31. The summed E-state index contributed by atoms with van der Waals surface area (Å²) in [6.45, 7) is 4.98. The molecule has 2 aliphatic rings. The minimum Gasteiger partial charge on any atom is -0.497 e. The Labute approximate surface area is 220 Å². The van der Waals surface area contributed by atoms with E-state index in [4.69, 9.17) is 19.4 Å². The maximum atomic E-state index is 13.0. The molecular formula is C25H32F3N3O6S. The molecule has 0 atom stereocenters. The first kappa shape index (κ1) is 29.5. The fourth-order valence-electron chi connectivity index (χ4n) is 4.56. The van der Waals surface area contributed by atoms with Crippen molar-refractivity contribution >= 4 is 21.7 Å². The number of carboxylic acid groups (broad SMARTS) is 1. The van der Waals surface area contributed by atoms with Gasteiger partial charge in [-0.1, -0.05) is 12.1 Å². The van der Waals surface area contributed by atoms with Crippen LogP contribution in [0.1, 0.15) is 12.8 Å². The SMILES string of the molecule is COc1ccc(S(=O)(=O)N2CCC(N3CCN(c4ccccc4OC)CC3)CC2)cc1.O=C(O)C(F)(F)F. The van der Waals surface area contributed by atoms with Gasteiger partial charge in [0.15, 0.2) is 0 Å². The van der Waals surface area contributed by atoms with Crippen LogP contribution >= 0.6 is 0 Å². The van der Waals surface area contributed by atoms with Crippen LogP contribution in [0.15, 0.2) is 53.4 Å². The smallest absolute Gasteiger partial charge is 0.490 e. The van der Waals surface area contributed by atoms with Crippen LogP contribution in [0.3, 0.4) is 0 Å². The highest BCUT2D eigenvalue weighted by Crippen LogP contribution is 2.30. The summed E-state index contributed by atoms with van der Waals surface area (Å²) in [6.07, 6.45) is -3.35. The quantitative estimate of drug-likeness (QED) is 0.576. The summed E-state index contributed by atoms with van der Waals surface area (Å²) in [5.41, 5.74) is 1.14. The molecule has 0 unspecified atom stereocenters. The summed E-state index contributed by atoms with van der Waals surface area (Å²) in [4.78, 5) is 14.1. The maximum Gasteiger partial charge on any atom is 0.490 e. The van der Waals surface area contributed by atoms with Gasteiger partial charge in [-0.05, 0) is 49.2 Å². The molecule has 2 aliphatic heterocycles. The number of rotatable bonds is 6. The van der Waals surface area contributed by atoms with Crippen LogP contribution < -0.4 is 14.4 Å². The van der Waals surface area contributed by atoms with Crippen LogP contribution in [0.2, 0.25) is 0 Å². The number of hydrogen-bond donors (Lipinski definition) is 1. The Morgan fingerprint density at radius 2 is 1.45 bits per heavy atom. The molecule has 2 aromatic rings. The van der Waals surface area contributed by atoms with E-state index in [0.717, 1.165) is 50.5 Å². The number of methoxy groups -OCH3 is 2. The van der Waals surface area contributed by atoms with E-state index in [0.29, 0.717) is 29.8 Å². The van der Waals surface area contributed by atoms with Crippen molar-refractivity contribution in [2.75, 3.05) is 58.4 Å². The van der Waals surface area contributed by atoms with Crippen molar-refractivity contribution in [3.8, 4) is 11.5 Å². The molecule has 0 aliphatic carbocycles. The highest BCUT2D eigenvalue weighted by molar-refractivity contribution is 7.89. The van der Waals surface area contributed by atoms with Crippen LogP contribution in [-0.2, 0) is 14.8 Å². The van der Waals surface area contributed by atoms with Crippen LogP contribution in [0.25, 0.3) is 0 Å². The zero-order chi connectivity index (χ0) is 27.9. The second-order valence-corrected chi connectivity index (χ2v) is 10.7. The molecule has 0 saturated carbocycles. The van der Waals surface area contributed by atoms with E-state index in [1.54, 1.807) is 42.8 Å². The van der Waals surface area contributed by atoms with Crippen LogP contribution in [0.5, 0.6) is 11.5 Å². The molecule has 0 amide bonds. The van der Waals surface area contributed by atoms with E-state index in [-0.39, 0.29) is 0 Å². The van der Waals surface area contributed by atoms with E-state index in [1.165, 1.54) is 0 Å². The third-order valence-electron chi connectivity index (χ3n) is 6.62. The lowest BCUT2D eigenvalue weighted by atomic mass is 10.0. The molecule has 9 nitrogen and oxygen atoms in total. The van der Waals surface area contributed by atoms with Gasteiger partial charge in [0.05, 0.1) is 24.8 Å². The van der Waals surface area contributed by atoms with Gasteiger partial charge in [-0.2, -0.15) is 17.5 Å². The van der Waals surface area contributed by atoms with E-state index >= 15 is 0 Å². The summed E-state index contributed by atoms with van der Waals surface area (Å²) >= 11 is 0. The van der Waals surface area contributed by atoms with Gasteiger partial charge in [0.2, 0.25) is 10.0 Å². The molecule has 2 saturated heterocycles. The summed E-state index contributed by atoms with van der Waals surface area (Å²) in [5.74, 6) is -1.19. The largest absolute Gasteiger partial charge is 0.497 e. The Balaban J connectivity index is 0.000000505. The van der Waals surface area contributed by atoms with Gasteiger partial charge >= 0.3 is 12.1 Å². The Morgan fingerprint density at radius 3 is 1.95 bits per heavy atom. The molecular weight excluding hydrogens is 527 g/mol. The van der Waals surface area contributed by atoms with Crippen molar-refractivity contribution in [2.45, 2.75) is 30.0 Å². The van der Waals surface area contributed by atoms with Gasteiger partial charge in [-0.3, -0.25) is 4.90 Å². The molecule has 38 heavy (non-hydrogen) atoms. The number of hydrogen-bond acceptors (Lipinski definition) is 7. The first-order valence-corrected chi connectivity index (χ1v) is 13.5. The Hall–Kier alpha value is -3.03. The average molecular weight is 560 g/mol. The van der Waals surface area contributed by atoms with Gasteiger partial charge in [0, 0.05) is 45.3 Å². The van der Waals surface area contributed by atoms with E-state index in [1.807, 2.05) is 18.2 Å². The fourth-order valence-corrected chi connectivity index (χ4v) is 6.03. The third-order valence-corrected chi connectivity index (χ3v) is 8.53. The minimum atomic E-state index is -5.08. The van der Waals surface area contributed by atoms with Crippen molar-refractivity contribution in [1.29, 1.82) is 0 Å². The molecule has 0 spiro atoms. The minimum absolute atomic E-state index is 0.331. The summed E-state index contributed by atoms with van der Waals surface area (Å²) in [6, 6.07) is 15.2. The Bertz CT molecular complexity index is 1160. The standard InChI is InChI=1S/C23H31N3O4S.C2HF3O2/c1-29-20-7-9-21(10-8-20)31(27,28)26-13-11-19(12-14-26)24-15-17-25(18-16-24)22-5-3-4-6-23(22)30-2;3-2(4,5)1(6)7/h3-10,19H,11-18H2,1-2H3;(H,6,7). The van der Waals surface area contributed by atoms with Gasteiger partial charge in [0.25, 0.3) is 0 Å². The van der Waals surface area contributed by atoms with Crippen molar-refractivity contribution in [3.63, 3.8) is 0 Å². The fraction of sp³-hybridized carbons (Fsp3) is 0.480. The molecule has 0 aromatic heterocycles.